The van der Waals surface area contributed by atoms with Gasteiger partial charge in [-0.05, 0) is 42.1 Å². The Morgan fingerprint density at radius 1 is 1.35 bits per heavy atom. The summed E-state index contributed by atoms with van der Waals surface area (Å²) in [4.78, 5) is 12.4. The first kappa shape index (κ1) is 13.2. The average Bonchev–Trinajstić information content (AvgIpc) is 3.00. The largest absolute Gasteiger partial charge is 0.465 e. The maximum absolute atomic E-state index is 11.8. The van der Waals surface area contributed by atoms with Crippen LogP contribution < -0.4 is 0 Å². The van der Waals surface area contributed by atoms with Crippen molar-refractivity contribution in [3.63, 3.8) is 0 Å². The normalized spacial score (nSPS) is 10.9. The molecule has 0 unspecified atom stereocenters. The van der Waals surface area contributed by atoms with E-state index in [0.717, 1.165) is 22.1 Å². The van der Waals surface area contributed by atoms with Gasteiger partial charge in [0.15, 0.2) is 0 Å². The predicted octanol–water partition coefficient (Wildman–Crippen LogP) is 4.91. The minimum Gasteiger partial charge on any atom is -0.465 e. The second kappa shape index (κ2) is 4.96. The van der Waals surface area contributed by atoms with Crippen molar-refractivity contribution in [2.45, 2.75) is 6.92 Å². The molecule has 0 N–H and O–H groups in total. The van der Waals surface area contributed by atoms with Gasteiger partial charge in [-0.1, -0.05) is 11.6 Å². The molecule has 0 aliphatic rings. The Kier molecular flexibility index (Phi) is 3.28. The van der Waals surface area contributed by atoms with E-state index in [1.165, 1.54) is 18.4 Å². The molecule has 0 atom stereocenters. The molecule has 2 aromatic heterocycles. The van der Waals surface area contributed by atoms with Crippen LogP contribution in [0.1, 0.15) is 15.2 Å². The zero-order valence-corrected chi connectivity index (χ0v) is 12.5. The minimum absolute atomic E-state index is 0.350. The molecule has 0 aliphatic heterocycles. The molecule has 0 aliphatic carbocycles. The highest BCUT2D eigenvalue weighted by Gasteiger charge is 2.21. The van der Waals surface area contributed by atoms with E-state index in [1.807, 2.05) is 30.5 Å². The summed E-state index contributed by atoms with van der Waals surface area (Å²) >= 11 is 7.33. The molecule has 0 bridgehead atoms. The van der Waals surface area contributed by atoms with Gasteiger partial charge in [-0.2, -0.15) is 0 Å². The molecule has 0 spiro atoms. The van der Waals surface area contributed by atoms with Gasteiger partial charge in [0, 0.05) is 16.0 Å². The highest BCUT2D eigenvalue weighted by atomic mass is 35.5. The Balaban J connectivity index is 2.20. The third kappa shape index (κ3) is 2.11. The molecule has 0 fully saturated rings. The highest BCUT2D eigenvalue weighted by molar-refractivity contribution is 7.12. The van der Waals surface area contributed by atoms with Crippen LogP contribution in [0.2, 0.25) is 5.02 Å². The number of esters is 1. The van der Waals surface area contributed by atoms with Crippen LogP contribution >= 0.6 is 22.9 Å². The number of furan rings is 1. The molecular formula is C15H11ClO3S. The Bertz CT molecular complexity index is 801. The number of carbonyl (C=O) groups excluding carboxylic acids is 1. The van der Waals surface area contributed by atoms with Crippen LogP contribution in [0.15, 0.2) is 34.1 Å². The summed E-state index contributed by atoms with van der Waals surface area (Å²) in [5.41, 5.74) is 2.51. The number of fused-ring (bicyclic) bond motifs is 1. The second-order valence-electron chi connectivity index (χ2n) is 4.41. The van der Waals surface area contributed by atoms with Gasteiger partial charge in [0.2, 0.25) is 0 Å². The van der Waals surface area contributed by atoms with Crippen LogP contribution in [0.3, 0.4) is 0 Å². The number of thiophene rings is 1. The third-order valence-corrected chi connectivity index (χ3v) is 4.38. The van der Waals surface area contributed by atoms with Gasteiger partial charge in [-0.3, -0.25) is 0 Å². The molecular weight excluding hydrogens is 296 g/mol. The molecule has 20 heavy (non-hydrogen) atoms. The maximum Gasteiger partial charge on any atom is 0.348 e. The van der Waals surface area contributed by atoms with Crippen LogP contribution in [0.5, 0.6) is 0 Å². The first-order valence-electron chi connectivity index (χ1n) is 5.96. The van der Waals surface area contributed by atoms with Crippen LogP contribution in [0.4, 0.5) is 0 Å². The summed E-state index contributed by atoms with van der Waals surface area (Å²) < 4.78 is 10.6. The van der Waals surface area contributed by atoms with Crippen LogP contribution in [-0.2, 0) is 4.74 Å². The van der Waals surface area contributed by atoms with Gasteiger partial charge < -0.3 is 9.15 Å². The third-order valence-electron chi connectivity index (χ3n) is 3.07. The fourth-order valence-electron chi connectivity index (χ4n) is 2.13. The van der Waals surface area contributed by atoms with Crippen molar-refractivity contribution in [3.8, 4) is 11.3 Å². The van der Waals surface area contributed by atoms with Crippen molar-refractivity contribution in [2.24, 2.45) is 0 Å². The SMILES string of the molecule is COC(=O)c1scc(C)c1-c1cc2cc(Cl)ccc2o1. The van der Waals surface area contributed by atoms with Gasteiger partial charge in [0.1, 0.15) is 16.2 Å². The van der Waals surface area contributed by atoms with E-state index in [0.29, 0.717) is 15.7 Å². The quantitative estimate of drug-likeness (QED) is 0.631. The lowest BCUT2D eigenvalue weighted by molar-refractivity contribution is 0.0607. The summed E-state index contributed by atoms with van der Waals surface area (Å²) in [6.07, 6.45) is 0. The monoisotopic (exact) mass is 306 g/mol. The molecule has 102 valence electrons. The second-order valence-corrected chi connectivity index (χ2v) is 5.72. The molecule has 3 nitrogen and oxygen atoms in total. The number of hydrogen-bond acceptors (Lipinski definition) is 4. The standard InChI is InChI=1S/C15H11ClO3S/c1-8-7-20-14(15(17)18-2)13(8)12-6-9-5-10(16)3-4-11(9)19-12/h3-7H,1-2H3. The molecule has 3 rings (SSSR count). The number of benzene rings is 1. The Morgan fingerprint density at radius 2 is 2.15 bits per heavy atom. The zero-order valence-electron chi connectivity index (χ0n) is 10.9. The van der Waals surface area contributed by atoms with Crippen molar-refractivity contribution in [1.82, 2.24) is 0 Å². The average molecular weight is 307 g/mol. The smallest absolute Gasteiger partial charge is 0.348 e. The molecule has 1 aromatic carbocycles. The summed E-state index contributed by atoms with van der Waals surface area (Å²) in [5.74, 6) is 0.304. The van der Waals surface area contributed by atoms with Gasteiger partial charge in [0.05, 0.1) is 7.11 Å². The van der Waals surface area contributed by atoms with Crippen LogP contribution in [-0.4, -0.2) is 13.1 Å². The van der Waals surface area contributed by atoms with E-state index in [2.05, 4.69) is 0 Å². The fourth-order valence-corrected chi connectivity index (χ4v) is 3.28. The number of aryl methyl sites for hydroxylation is 1. The molecule has 2 heterocycles. The van der Waals surface area contributed by atoms with Crippen LogP contribution in [0, 0.1) is 6.92 Å². The number of ether oxygens (including phenoxy) is 1. The van der Waals surface area contributed by atoms with Crippen molar-refractivity contribution < 1.29 is 13.9 Å². The predicted molar refractivity (Wildman–Crippen MR) is 80.6 cm³/mol. The number of hydrogen-bond donors (Lipinski definition) is 0. The molecule has 3 aromatic rings. The van der Waals surface area contributed by atoms with Gasteiger partial charge in [-0.25, -0.2) is 4.79 Å². The zero-order chi connectivity index (χ0) is 14.3. The number of methoxy groups -OCH3 is 1. The summed E-state index contributed by atoms with van der Waals surface area (Å²) in [6, 6.07) is 7.33. The summed E-state index contributed by atoms with van der Waals surface area (Å²) in [6.45, 7) is 1.94. The van der Waals surface area contributed by atoms with Gasteiger partial charge in [-0.15, -0.1) is 11.3 Å². The number of rotatable bonds is 2. The van der Waals surface area contributed by atoms with E-state index in [1.54, 1.807) is 6.07 Å². The Morgan fingerprint density at radius 3 is 2.90 bits per heavy atom. The van der Waals surface area contributed by atoms with Crippen LogP contribution in [0.25, 0.3) is 22.3 Å². The first-order chi connectivity index (χ1) is 9.60. The van der Waals surface area contributed by atoms with E-state index >= 15 is 0 Å². The molecule has 0 amide bonds. The van der Waals surface area contributed by atoms with Gasteiger partial charge in [0.25, 0.3) is 0 Å². The molecule has 0 radical (unpaired) electrons. The highest BCUT2D eigenvalue weighted by Crippen LogP contribution is 2.36. The maximum atomic E-state index is 11.8. The molecule has 0 saturated heterocycles. The van der Waals surface area contributed by atoms with Crippen molar-refractivity contribution >= 4 is 39.9 Å². The number of carbonyl (C=O) groups is 1. The molecule has 0 saturated carbocycles. The van der Waals surface area contributed by atoms with Gasteiger partial charge >= 0.3 is 5.97 Å². The summed E-state index contributed by atoms with van der Waals surface area (Å²) in [7, 11) is 1.37. The van der Waals surface area contributed by atoms with Crippen molar-refractivity contribution in [1.29, 1.82) is 0 Å². The fraction of sp³-hybridized carbons (Fsp3) is 0.133. The first-order valence-corrected chi connectivity index (χ1v) is 7.22. The molecule has 5 heteroatoms. The van der Waals surface area contributed by atoms with E-state index in [-0.39, 0.29) is 5.97 Å². The van der Waals surface area contributed by atoms with E-state index in [9.17, 15) is 4.79 Å². The lowest BCUT2D eigenvalue weighted by Crippen LogP contribution is -1.99. The lowest BCUT2D eigenvalue weighted by atomic mass is 10.1. The Hall–Kier alpha value is -1.78. The van der Waals surface area contributed by atoms with Crippen molar-refractivity contribution in [2.75, 3.05) is 7.11 Å². The van der Waals surface area contributed by atoms with E-state index in [4.69, 9.17) is 20.8 Å². The van der Waals surface area contributed by atoms with E-state index < -0.39 is 0 Å². The topological polar surface area (TPSA) is 39.4 Å². The lowest BCUT2D eigenvalue weighted by Gasteiger charge is -2.00. The minimum atomic E-state index is -0.350. The Labute approximate surface area is 124 Å². The summed E-state index contributed by atoms with van der Waals surface area (Å²) in [5, 5.41) is 3.48. The number of halogens is 1. The van der Waals surface area contributed by atoms with Crippen molar-refractivity contribution in [3.05, 3.63) is 45.1 Å².